The second kappa shape index (κ2) is 5.91. The van der Waals surface area contributed by atoms with Gasteiger partial charge in [-0.2, -0.15) is 5.10 Å². The van der Waals surface area contributed by atoms with Crippen molar-refractivity contribution in [2.24, 2.45) is 5.41 Å². The molecule has 6 nitrogen and oxygen atoms in total. The van der Waals surface area contributed by atoms with Crippen LogP contribution < -0.4 is 0 Å². The van der Waals surface area contributed by atoms with Crippen molar-refractivity contribution in [2.45, 2.75) is 38.5 Å². The summed E-state index contributed by atoms with van der Waals surface area (Å²) in [6, 6.07) is 0. The van der Waals surface area contributed by atoms with Crippen molar-refractivity contribution in [3.05, 3.63) is 12.2 Å². The predicted molar refractivity (Wildman–Crippen MR) is 73.0 cm³/mol. The molecular weight excluding hydrogens is 256 g/mol. The van der Waals surface area contributed by atoms with Gasteiger partial charge in [-0.1, -0.05) is 0 Å². The molecule has 2 aliphatic rings. The molecule has 0 aromatic carbocycles. The zero-order valence-corrected chi connectivity index (χ0v) is 11.8. The quantitative estimate of drug-likeness (QED) is 0.900. The number of carbonyl (C=O) groups excluding carboxylic acids is 1. The third-order valence-corrected chi connectivity index (χ3v) is 4.77. The normalized spacial score (nSPS) is 22.1. The van der Waals surface area contributed by atoms with E-state index in [-0.39, 0.29) is 5.91 Å². The summed E-state index contributed by atoms with van der Waals surface area (Å²) in [5.41, 5.74) is 0.444. The number of rotatable bonds is 3. The molecule has 110 valence electrons. The van der Waals surface area contributed by atoms with Gasteiger partial charge in [0.05, 0.1) is 0 Å². The number of aryl methyl sites for hydroxylation is 1. The standard InChI is InChI=1S/C14H22N4O2/c19-13(2-1-12-15-11-16-17-12)18-7-3-14(4-8-18)5-9-20-10-6-14/h11H,1-10H2,(H,15,16,17). The van der Waals surface area contributed by atoms with E-state index in [0.717, 1.165) is 57.8 Å². The zero-order chi connectivity index (χ0) is 13.8. The average Bonchev–Trinajstić information content (AvgIpc) is 3.00. The lowest BCUT2D eigenvalue weighted by Crippen LogP contribution is -2.45. The van der Waals surface area contributed by atoms with Gasteiger partial charge < -0.3 is 9.64 Å². The Labute approximate surface area is 118 Å². The number of hydrogen-bond donors (Lipinski definition) is 1. The number of ether oxygens (including phenoxy) is 1. The van der Waals surface area contributed by atoms with E-state index >= 15 is 0 Å². The Hall–Kier alpha value is -1.43. The van der Waals surface area contributed by atoms with E-state index in [2.05, 4.69) is 15.2 Å². The number of likely N-dealkylation sites (tertiary alicyclic amines) is 1. The maximum atomic E-state index is 12.2. The molecule has 0 saturated carbocycles. The van der Waals surface area contributed by atoms with Crippen LogP contribution in [0.5, 0.6) is 0 Å². The van der Waals surface area contributed by atoms with Gasteiger partial charge in [0.25, 0.3) is 0 Å². The van der Waals surface area contributed by atoms with Gasteiger partial charge >= 0.3 is 0 Å². The minimum atomic E-state index is 0.239. The second-order valence-electron chi connectivity index (χ2n) is 5.93. The molecule has 1 N–H and O–H groups in total. The Morgan fingerprint density at radius 2 is 2.05 bits per heavy atom. The van der Waals surface area contributed by atoms with Crippen molar-refractivity contribution < 1.29 is 9.53 Å². The molecular formula is C14H22N4O2. The van der Waals surface area contributed by atoms with Crippen LogP contribution in [0.4, 0.5) is 0 Å². The fourth-order valence-corrected chi connectivity index (χ4v) is 3.27. The third-order valence-electron chi connectivity index (χ3n) is 4.77. The van der Waals surface area contributed by atoms with Crippen LogP contribution in [0.25, 0.3) is 0 Å². The average molecular weight is 278 g/mol. The number of piperidine rings is 1. The van der Waals surface area contributed by atoms with Crippen LogP contribution in [0.3, 0.4) is 0 Å². The van der Waals surface area contributed by atoms with Crippen LogP contribution in [0.1, 0.15) is 37.9 Å². The van der Waals surface area contributed by atoms with Crippen molar-refractivity contribution in [1.82, 2.24) is 20.1 Å². The third kappa shape index (κ3) is 3.00. The molecule has 6 heteroatoms. The van der Waals surface area contributed by atoms with Gasteiger partial charge in [0, 0.05) is 39.1 Å². The SMILES string of the molecule is O=C(CCc1ncn[nH]1)N1CCC2(CCOCC2)CC1. The second-order valence-corrected chi connectivity index (χ2v) is 5.93. The highest BCUT2D eigenvalue weighted by Gasteiger charge is 2.36. The molecule has 0 radical (unpaired) electrons. The van der Waals surface area contributed by atoms with Crippen LogP contribution in [0, 0.1) is 5.41 Å². The largest absolute Gasteiger partial charge is 0.381 e. The van der Waals surface area contributed by atoms with Crippen molar-refractivity contribution in [3.8, 4) is 0 Å². The molecule has 2 saturated heterocycles. The highest BCUT2D eigenvalue weighted by molar-refractivity contribution is 5.76. The van der Waals surface area contributed by atoms with Gasteiger partial charge in [-0.15, -0.1) is 0 Å². The highest BCUT2D eigenvalue weighted by atomic mass is 16.5. The van der Waals surface area contributed by atoms with Crippen LogP contribution in [-0.2, 0) is 16.0 Å². The molecule has 1 aromatic rings. The lowest BCUT2D eigenvalue weighted by Gasteiger charge is -2.44. The Kier molecular flexibility index (Phi) is 4.00. The molecule has 20 heavy (non-hydrogen) atoms. The Morgan fingerprint density at radius 3 is 2.70 bits per heavy atom. The number of aromatic amines is 1. The van der Waals surface area contributed by atoms with Crippen molar-refractivity contribution in [1.29, 1.82) is 0 Å². The van der Waals surface area contributed by atoms with Crippen molar-refractivity contribution >= 4 is 5.91 Å². The summed E-state index contributed by atoms with van der Waals surface area (Å²) >= 11 is 0. The molecule has 1 spiro atoms. The summed E-state index contributed by atoms with van der Waals surface area (Å²) in [4.78, 5) is 18.3. The summed E-state index contributed by atoms with van der Waals surface area (Å²) in [7, 11) is 0. The zero-order valence-electron chi connectivity index (χ0n) is 11.8. The monoisotopic (exact) mass is 278 g/mol. The molecule has 1 aromatic heterocycles. The number of nitrogens with one attached hydrogen (secondary N) is 1. The minimum absolute atomic E-state index is 0.239. The fourth-order valence-electron chi connectivity index (χ4n) is 3.27. The molecule has 3 heterocycles. The van der Waals surface area contributed by atoms with Crippen molar-refractivity contribution in [2.75, 3.05) is 26.3 Å². The van der Waals surface area contributed by atoms with E-state index in [0.29, 0.717) is 18.3 Å². The van der Waals surface area contributed by atoms with Gasteiger partial charge in [0.2, 0.25) is 5.91 Å². The van der Waals surface area contributed by atoms with Crippen molar-refractivity contribution in [3.63, 3.8) is 0 Å². The Morgan fingerprint density at radius 1 is 1.30 bits per heavy atom. The number of nitrogens with zero attached hydrogens (tertiary/aromatic N) is 3. The smallest absolute Gasteiger partial charge is 0.223 e. The van der Waals surface area contributed by atoms with E-state index in [9.17, 15) is 4.79 Å². The number of hydrogen-bond acceptors (Lipinski definition) is 4. The summed E-state index contributed by atoms with van der Waals surface area (Å²) < 4.78 is 5.45. The number of carbonyl (C=O) groups is 1. The van der Waals surface area contributed by atoms with Gasteiger partial charge in [-0.25, -0.2) is 4.98 Å². The summed E-state index contributed by atoms with van der Waals surface area (Å²) in [6.07, 6.45) is 7.23. The predicted octanol–water partition coefficient (Wildman–Crippen LogP) is 1.16. The topological polar surface area (TPSA) is 71.1 Å². The summed E-state index contributed by atoms with van der Waals surface area (Å²) in [5.74, 6) is 1.03. The Balaban J connectivity index is 1.46. The van der Waals surface area contributed by atoms with Crippen LogP contribution in [0.2, 0.25) is 0 Å². The molecule has 0 unspecified atom stereocenters. The molecule has 2 fully saturated rings. The highest BCUT2D eigenvalue weighted by Crippen LogP contribution is 2.40. The van der Waals surface area contributed by atoms with Gasteiger partial charge in [-0.3, -0.25) is 9.89 Å². The minimum Gasteiger partial charge on any atom is -0.381 e. The molecule has 0 aliphatic carbocycles. The molecule has 0 atom stereocenters. The first-order chi connectivity index (χ1) is 9.77. The van der Waals surface area contributed by atoms with E-state index in [4.69, 9.17) is 4.74 Å². The molecule has 0 bridgehead atoms. The lowest BCUT2D eigenvalue weighted by atomic mass is 9.72. The van der Waals surface area contributed by atoms with Gasteiger partial charge in [-0.05, 0) is 31.1 Å². The molecule has 3 rings (SSSR count). The molecule has 1 amide bonds. The first kappa shape index (κ1) is 13.5. The van der Waals surface area contributed by atoms with E-state index in [1.165, 1.54) is 6.33 Å². The summed E-state index contributed by atoms with van der Waals surface area (Å²) in [5, 5.41) is 6.59. The maximum absolute atomic E-state index is 12.2. The lowest BCUT2D eigenvalue weighted by molar-refractivity contribution is -0.134. The number of aromatic nitrogens is 3. The first-order valence-electron chi connectivity index (χ1n) is 7.47. The summed E-state index contributed by atoms with van der Waals surface area (Å²) in [6.45, 7) is 3.57. The van der Waals surface area contributed by atoms with Crippen LogP contribution in [0.15, 0.2) is 6.33 Å². The molecule has 2 aliphatic heterocycles. The first-order valence-corrected chi connectivity index (χ1v) is 7.47. The number of H-pyrrole nitrogens is 1. The number of amides is 1. The van der Waals surface area contributed by atoms with E-state index < -0.39 is 0 Å². The maximum Gasteiger partial charge on any atom is 0.223 e. The van der Waals surface area contributed by atoms with Gasteiger partial charge in [0.15, 0.2) is 0 Å². The van der Waals surface area contributed by atoms with E-state index in [1.807, 2.05) is 4.90 Å². The van der Waals surface area contributed by atoms with Crippen LogP contribution in [-0.4, -0.2) is 52.3 Å². The van der Waals surface area contributed by atoms with E-state index in [1.54, 1.807) is 0 Å². The Bertz CT molecular complexity index is 430. The van der Waals surface area contributed by atoms with Gasteiger partial charge in [0.1, 0.15) is 12.2 Å². The van der Waals surface area contributed by atoms with Crippen LogP contribution >= 0.6 is 0 Å². The fraction of sp³-hybridized carbons (Fsp3) is 0.786.